The van der Waals surface area contributed by atoms with Gasteiger partial charge in [-0.25, -0.2) is 0 Å². The molecule has 0 aromatic heterocycles. The summed E-state index contributed by atoms with van der Waals surface area (Å²) in [7, 11) is 3.28. The number of nitrogens with one attached hydrogen (secondary N) is 1. The second-order valence-electron chi connectivity index (χ2n) is 5.13. The lowest BCUT2D eigenvalue weighted by molar-refractivity contribution is 0.0729. The minimum atomic E-state index is -0.749. The van der Waals surface area contributed by atoms with Crippen LogP contribution in [0.25, 0.3) is 0 Å². The van der Waals surface area contributed by atoms with Gasteiger partial charge in [-0.2, -0.15) is 0 Å². The van der Waals surface area contributed by atoms with Gasteiger partial charge in [0.15, 0.2) is 0 Å². The van der Waals surface area contributed by atoms with Gasteiger partial charge in [0.2, 0.25) is 0 Å². The van der Waals surface area contributed by atoms with Crippen molar-refractivity contribution < 1.29 is 14.6 Å². The van der Waals surface area contributed by atoms with Crippen LogP contribution < -0.4 is 19.7 Å². The van der Waals surface area contributed by atoms with Gasteiger partial charge in [0.1, 0.15) is 11.5 Å². The largest absolute Gasteiger partial charge is 0.497 e. The van der Waals surface area contributed by atoms with Crippen molar-refractivity contribution in [1.82, 2.24) is 5.32 Å². The van der Waals surface area contributed by atoms with Crippen molar-refractivity contribution in [2.75, 3.05) is 45.3 Å². The second kappa shape index (κ2) is 5.67. The molecule has 1 saturated heterocycles. The second-order valence-corrected chi connectivity index (χ2v) is 5.13. The van der Waals surface area contributed by atoms with Gasteiger partial charge in [-0.1, -0.05) is 0 Å². The molecular formula is C14H22N2O3. The lowest BCUT2D eigenvalue weighted by Crippen LogP contribution is -2.43. The van der Waals surface area contributed by atoms with Gasteiger partial charge in [0.25, 0.3) is 0 Å². The van der Waals surface area contributed by atoms with Crippen LogP contribution in [0.4, 0.5) is 5.69 Å². The van der Waals surface area contributed by atoms with Gasteiger partial charge in [-0.15, -0.1) is 0 Å². The van der Waals surface area contributed by atoms with Crippen molar-refractivity contribution in [3.05, 3.63) is 18.2 Å². The number of ether oxygens (including phenoxy) is 2. The Kier molecular flexibility index (Phi) is 4.17. The zero-order valence-corrected chi connectivity index (χ0v) is 11.8. The monoisotopic (exact) mass is 266 g/mol. The molecule has 0 amide bonds. The highest BCUT2D eigenvalue weighted by molar-refractivity contribution is 5.61. The predicted molar refractivity (Wildman–Crippen MR) is 75.3 cm³/mol. The standard InChI is InChI=1S/C14H22N2O3/c1-14(17)9-15-6-7-16(10-14)12-5-4-11(18-2)8-13(12)19-3/h4-5,8,15,17H,6-7,9-10H2,1-3H3. The zero-order chi connectivity index (χ0) is 13.9. The van der Waals surface area contributed by atoms with Gasteiger partial charge in [0.05, 0.1) is 25.5 Å². The molecule has 0 saturated carbocycles. The molecule has 5 heteroatoms. The van der Waals surface area contributed by atoms with E-state index in [4.69, 9.17) is 9.47 Å². The number of hydrogen-bond acceptors (Lipinski definition) is 5. The number of anilines is 1. The molecule has 1 fully saturated rings. The molecule has 1 aliphatic heterocycles. The molecule has 0 spiro atoms. The van der Waals surface area contributed by atoms with E-state index in [0.717, 1.165) is 30.3 Å². The van der Waals surface area contributed by atoms with E-state index in [0.29, 0.717) is 13.1 Å². The normalized spacial score (nSPS) is 23.9. The third-order valence-electron chi connectivity index (χ3n) is 3.32. The molecule has 2 rings (SSSR count). The summed E-state index contributed by atoms with van der Waals surface area (Å²) >= 11 is 0. The van der Waals surface area contributed by atoms with Crippen LogP contribution >= 0.6 is 0 Å². The molecule has 0 bridgehead atoms. The van der Waals surface area contributed by atoms with E-state index in [1.54, 1.807) is 14.2 Å². The van der Waals surface area contributed by atoms with Crippen LogP contribution in [-0.4, -0.2) is 51.1 Å². The molecule has 5 nitrogen and oxygen atoms in total. The number of benzene rings is 1. The maximum absolute atomic E-state index is 10.3. The van der Waals surface area contributed by atoms with E-state index >= 15 is 0 Å². The Morgan fingerprint density at radius 1 is 1.32 bits per heavy atom. The lowest BCUT2D eigenvalue weighted by Gasteiger charge is -2.30. The van der Waals surface area contributed by atoms with Crippen molar-refractivity contribution in [1.29, 1.82) is 0 Å². The molecule has 0 radical (unpaired) electrons. The Hall–Kier alpha value is -1.46. The number of nitrogens with zero attached hydrogens (tertiary/aromatic N) is 1. The molecular weight excluding hydrogens is 244 g/mol. The Morgan fingerprint density at radius 2 is 2.11 bits per heavy atom. The molecule has 1 atom stereocenters. The van der Waals surface area contributed by atoms with E-state index in [1.165, 1.54) is 0 Å². The van der Waals surface area contributed by atoms with Gasteiger partial charge in [0, 0.05) is 32.2 Å². The summed E-state index contributed by atoms with van der Waals surface area (Å²) in [6, 6.07) is 5.74. The fraction of sp³-hybridized carbons (Fsp3) is 0.571. The van der Waals surface area contributed by atoms with Crippen LogP contribution in [0.2, 0.25) is 0 Å². The minimum absolute atomic E-state index is 0.572. The minimum Gasteiger partial charge on any atom is -0.497 e. The summed E-state index contributed by atoms with van der Waals surface area (Å²) in [4.78, 5) is 2.14. The zero-order valence-electron chi connectivity index (χ0n) is 11.8. The van der Waals surface area contributed by atoms with Crippen molar-refractivity contribution in [3.63, 3.8) is 0 Å². The van der Waals surface area contributed by atoms with Crippen LogP contribution in [0.15, 0.2) is 18.2 Å². The summed E-state index contributed by atoms with van der Waals surface area (Å²) in [6.07, 6.45) is 0. The van der Waals surface area contributed by atoms with Crippen molar-refractivity contribution >= 4 is 5.69 Å². The van der Waals surface area contributed by atoms with Gasteiger partial charge in [-0.05, 0) is 19.1 Å². The number of methoxy groups -OCH3 is 2. The number of aliphatic hydroxyl groups is 1. The van der Waals surface area contributed by atoms with Gasteiger partial charge >= 0.3 is 0 Å². The first kappa shape index (κ1) is 14.0. The molecule has 1 aromatic rings. The molecule has 1 aromatic carbocycles. The average molecular weight is 266 g/mol. The van der Waals surface area contributed by atoms with Gasteiger partial charge < -0.3 is 24.8 Å². The summed E-state index contributed by atoms with van der Waals surface area (Å²) in [5, 5.41) is 13.5. The maximum atomic E-state index is 10.3. The topological polar surface area (TPSA) is 54.0 Å². The van der Waals surface area contributed by atoms with E-state index in [1.807, 2.05) is 25.1 Å². The molecule has 19 heavy (non-hydrogen) atoms. The first-order chi connectivity index (χ1) is 9.05. The number of β-amino-alcohol motifs (C(OH)–C–C–N with tert-alkyl or cyclic N) is 1. The van der Waals surface area contributed by atoms with Crippen molar-refractivity contribution in [3.8, 4) is 11.5 Å². The van der Waals surface area contributed by atoms with Crippen LogP contribution in [0.5, 0.6) is 11.5 Å². The average Bonchev–Trinajstić information content (AvgIpc) is 2.58. The summed E-state index contributed by atoms with van der Waals surface area (Å²) < 4.78 is 10.6. The Labute approximate surface area is 114 Å². The smallest absolute Gasteiger partial charge is 0.145 e. The highest BCUT2D eigenvalue weighted by Crippen LogP contribution is 2.33. The van der Waals surface area contributed by atoms with Gasteiger partial charge in [-0.3, -0.25) is 0 Å². The van der Waals surface area contributed by atoms with E-state index in [9.17, 15) is 5.11 Å². The molecule has 0 aliphatic carbocycles. The maximum Gasteiger partial charge on any atom is 0.145 e. The Bertz CT molecular complexity index is 435. The van der Waals surface area contributed by atoms with Crippen LogP contribution in [0.1, 0.15) is 6.92 Å². The summed E-state index contributed by atoms with van der Waals surface area (Å²) in [6.45, 7) is 4.68. The first-order valence-corrected chi connectivity index (χ1v) is 6.46. The number of rotatable bonds is 3. The highest BCUT2D eigenvalue weighted by Gasteiger charge is 2.27. The van der Waals surface area contributed by atoms with E-state index in [2.05, 4.69) is 10.2 Å². The first-order valence-electron chi connectivity index (χ1n) is 6.46. The fourth-order valence-corrected chi connectivity index (χ4v) is 2.37. The molecule has 2 N–H and O–H groups in total. The fourth-order valence-electron chi connectivity index (χ4n) is 2.37. The number of hydrogen-bond donors (Lipinski definition) is 2. The van der Waals surface area contributed by atoms with Crippen LogP contribution in [0.3, 0.4) is 0 Å². The van der Waals surface area contributed by atoms with Crippen molar-refractivity contribution in [2.45, 2.75) is 12.5 Å². The summed E-state index contributed by atoms with van der Waals surface area (Å²) in [5.74, 6) is 1.53. The van der Waals surface area contributed by atoms with E-state index in [-0.39, 0.29) is 0 Å². The SMILES string of the molecule is COc1ccc(N2CCNCC(C)(O)C2)c(OC)c1. The summed E-state index contributed by atoms with van der Waals surface area (Å²) in [5.41, 5.74) is 0.230. The molecule has 1 heterocycles. The molecule has 1 aliphatic rings. The Balaban J connectivity index is 2.29. The van der Waals surface area contributed by atoms with Crippen LogP contribution in [-0.2, 0) is 0 Å². The molecule has 1 unspecified atom stereocenters. The van der Waals surface area contributed by atoms with Crippen molar-refractivity contribution in [2.24, 2.45) is 0 Å². The molecule has 106 valence electrons. The lowest BCUT2D eigenvalue weighted by atomic mass is 10.1. The van der Waals surface area contributed by atoms with E-state index < -0.39 is 5.60 Å². The third kappa shape index (κ3) is 3.30. The quantitative estimate of drug-likeness (QED) is 0.850. The highest BCUT2D eigenvalue weighted by atomic mass is 16.5. The third-order valence-corrected chi connectivity index (χ3v) is 3.32. The Morgan fingerprint density at radius 3 is 2.79 bits per heavy atom. The van der Waals surface area contributed by atoms with Crippen LogP contribution in [0, 0.1) is 0 Å². The predicted octanol–water partition coefficient (Wildman–Crippen LogP) is 0.864.